The highest BCUT2D eigenvalue weighted by Crippen LogP contribution is 2.26. The second-order valence-corrected chi connectivity index (χ2v) is 7.04. The molecule has 1 saturated heterocycles. The van der Waals surface area contributed by atoms with Gasteiger partial charge in [0, 0.05) is 37.9 Å². The fraction of sp³-hybridized carbons (Fsp3) is 0.579. The van der Waals surface area contributed by atoms with E-state index in [0.29, 0.717) is 17.7 Å². The van der Waals surface area contributed by atoms with Crippen LogP contribution in [0.3, 0.4) is 0 Å². The van der Waals surface area contributed by atoms with Gasteiger partial charge < -0.3 is 16.0 Å². The molecule has 7 heteroatoms. The SMILES string of the molecule is CN=C(NCC(=O)Nc1ccc(F)cc1)NC1CCN(C2CCCC2)C1. The fourth-order valence-corrected chi connectivity index (χ4v) is 3.80. The van der Waals surface area contributed by atoms with E-state index in [1.165, 1.54) is 49.9 Å². The highest BCUT2D eigenvalue weighted by Gasteiger charge is 2.30. The maximum absolute atomic E-state index is 12.9. The largest absolute Gasteiger partial charge is 0.352 e. The van der Waals surface area contributed by atoms with Crippen molar-refractivity contribution in [2.45, 2.75) is 44.2 Å². The van der Waals surface area contributed by atoms with Crippen molar-refractivity contribution in [3.8, 4) is 0 Å². The number of hydrogen-bond acceptors (Lipinski definition) is 3. The van der Waals surface area contributed by atoms with E-state index in [-0.39, 0.29) is 18.3 Å². The van der Waals surface area contributed by atoms with Gasteiger partial charge in [0.1, 0.15) is 5.82 Å². The monoisotopic (exact) mass is 361 g/mol. The summed E-state index contributed by atoms with van der Waals surface area (Å²) in [7, 11) is 1.71. The van der Waals surface area contributed by atoms with Crippen LogP contribution in [0.2, 0.25) is 0 Å². The Hall–Kier alpha value is -2.15. The van der Waals surface area contributed by atoms with E-state index in [9.17, 15) is 9.18 Å². The van der Waals surface area contributed by atoms with E-state index in [0.717, 1.165) is 25.6 Å². The average Bonchev–Trinajstić information content (AvgIpc) is 3.32. The number of carbonyl (C=O) groups excluding carboxylic acids is 1. The van der Waals surface area contributed by atoms with E-state index in [1.807, 2.05) is 0 Å². The molecule has 3 rings (SSSR count). The summed E-state index contributed by atoms with van der Waals surface area (Å²) in [6, 6.07) is 6.83. The van der Waals surface area contributed by atoms with Crippen LogP contribution in [0.25, 0.3) is 0 Å². The molecule has 1 atom stereocenters. The number of aliphatic imine (C=N–C) groups is 1. The van der Waals surface area contributed by atoms with E-state index >= 15 is 0 Å². The van der Waals surface area contributed by atoms with Crippen LogP contribution in [0.1, 0.15) is 32.1 Å². The van der Waals surface area contributed by atoms with E-state index in [2.05, 4.69) is 25.8 Å². The zero-order valence-corrected chi connectivity index (χ0v) is 15.3. The Labute approximate surface area is 154 Å². The molecule has 1 heterocycles. The smallest absolute Gasteiger partial charge is 0.243 e. The Balaban J connectivity index is 1.40. The number of carbonyl (C=O) groups is 1. The first kappa shape index (κ1) is 18.6. The molecule has 2 aliphatic rings. The molecule has 6 nitrogen and oxygen atoms in total. The van der Waals surface area contributed by atoms with Gasteiger partial charge in [0.2, 0.25) is 5.91 Å². The van der Waals surface area contributed by atoms with Crippen molar-refractivity contribution in [1.29, 1.82) is 0 Å². The molecule has 1 aromatic carbocycles. The van der Waals surface area contributed by atoms with Gasteiger partial charge in [-0.15, -0.1) is 0 Å². The summed E-state index contributed by atoms with van der Waals surface area (Å²) in [4.78, 5) is 18.8. The van der Waals surface area contributed by atoms with Gasteiger partial charge in [-0.3, -0.25) is 14.7 Å². The minimum absolute atomic E-state index is 0.107. The Morgan fingerprint density at radius 2 is 1.96 bits per heavy atom. The van der Waals surface area contributed by atoms with Crippen LogP contribution in [-0.4, -0.2) is 55.5 Å². The van der Waals surface area contributed by atoms with Gasteiger partial charge in [0.25, 0.3) is 0 Å². The maximum atomic E-state index is 12.9. The molecule has 1 aliphatic heterocycles. The summed E-state index contributed by atoms with van der Waals surface area (Å²) in [6.07, 6.45) is 6.45. The molecule has 0 spiro atoms. The number of nitrogens with zero attached hydrogens (tertiary/aromatic N) is 2. The summed E-state index contributed by atoms with van der Waals surface area (Å²) in [5.41, 5.74) is 0.573. The molecule has 0 radical (unpaired) electrons. The van der Waals surface area contributed by atoms with Crippen LogP contribution in [0, 0.1) is 5.82 Å². The number of hydrogen-bond donors (Lipinski definition) is 3. The van der Waals surface area contributed by atoms with E-state index in [4.69, 9.17) is 0 Å². The third kappa shape index (κ3) is 5.17. The minimum Gasteiger partial charge on any atom is -0.352 e. The summed E-state index contributed by atoms with van der Waals surface area (Å²) in [5.74, 6) is 0.116. The third-order valence-corrected chi connectivity index (χ3v) is 5.17. The average molecular weight is 361 g/mol. The Morgan fingerprint density at radius 1 is 1.23 bits per heavy atom. The van der Waals surface area contributed by atoms with Gasteiger partial charge in [-0.2, -0.15) is 0 Å². The zero-order valence-electron chi connectivity index (χ0n) is 15.3. The highest BCUT2D eigenvalue weighted by atomic mass is 19.1. The first-order chi connectivity index (χ1) is 12.6. The van der Waals surface area contributed by atoms with Gasteiger partial charge in [-0.1, -0.05) is 12.8 Å². The van der Waals surface area contributed by atoms with Gasteiger partial charge in [0.05, 0.1) is 6.54 Å². The minimum atomic E-state index is -0.325. The number of likely N-dealkylation sites (tertiary alicyclic amines) is 1. The Bertz CT molecular complexity index is 627. The number of benzene rings is 1. The molecule has 1 saturated carbocycles. The van der Waals surface area contributed by atoms with Crippen LogP contribution < -0.4 is 16.0 Å². The lowest BCUT2D eigenvalue weighted by atomic mass is 10.2. The number of halogens is 1. The molecular weight excluding hydrogens is 333 g/mol. The number of rotatable bonds is 5. The Morgan fingerprint density at radius 3 is 2.65 bits per heavy atom. The zero-order chi connectivity index (χ0) is 18.4. The number of amides is 1. The van der Waals surface area contributed by atoms with E-state index < -0.39 is 0 Å². The van der Waals surface area contributed by atoms with Crippen molar-refractivity contribution in [3.05, 3.63) is 30.1 Å². The predicted molar refractivity (Wildman–Crippen MR) is 102 cm³/mol. The number of nitrogens with one attached hydrogen (secondary N) is 3. The molecule has 1 amide bonds. The molecule has 142 valence electrons. The predicted octanol–water partition coefficient (Wildman–Crippen LogP) is 1.95. The van der Waals surface area contributed by atoms with E-state index in [1.54, 1.807) is 7.05 Å². The Kier molecular flexibility index (Phi) is 6.44. The number of anilines is 1. The molecule has 3 N–H and O–H groups in total. The molecular formula is C19H28FN5O. The summed E-state index contributed by atoms with van der Waals surface area (Å²) < 4.78 is 12.9. The van der Waals surface area contributed by atoms with Crippen molar-refractivity contribution in [1.82, 2.24) is 15.5 Å². The standard InChI is InChI=1S/C19H28FN5O/c1-21-19(22-12-18(26)23-15-8-6-14(20)7-9-15)24-16-10-11-25(13-16)17-4-2-3-5-17/h6-9,16-17H,2-5,10-13H2,1H3,(H,23,26)(H2,21,22,24). The molecule has 26 heavy (non-hydrogen) atoms. The summed E-state index contributed by atoms with van der Waals surface area (Å²) >= 11 is 0. The quantitative estimate of drug-likeness (QED) is 0.554. The van der Waals surface area contributed by atoms with Gasteiger partial charge in [-0.25, -0.2) is 4.39 Å². The lowest BCUT2D eigenvalue weighted by Gasteiger charge is -2.24. The first-order valence-corrected chi connectivity index (χ1v) is 9.40. The van der Waals surface area contributed by atoms with Crippen molar-refractivity contribution in [2.24, 2.45) is 4.99 Å². The second kappa shape index (κ2) is 8.98. The van der Waals surface area contributed by atoms with Crippen LogP contribution >= 0.6 is 0 Å². The second-order valence-electron chi connectivity index (χ2n) is 7.04. The molecule has 1 aromatic rings. The topological polar surface area (TPSA) is 68.8 Å². The summed E-state index contributed by atoms with van der Waals surface area (Å²) in [5, 5.41) is 9.19. The molecule has 0 aromatic heterocycles. The van der Waals surface area contributed by atoms with Crippen LogP contribution in [-0.2, 0) is 4.79 Å². The summed E-state index contributed by atoms with van der Waals surface area (Å²) in [6.45, 7) is 2.27. The molecule has 1 unspecified atom stereocenters. The first-order valence-electron chi connectivity index (χ1n) is 9.40. The van der Waals surface area contributed by atoms with Crippen molar-refractivity contribution >= 4 is 17.6 Å². The van der Waals surface area contributed by atoms with Crippen LogP contribution in [0.4, 0.5) is 10.1 Å². The van der Waals surface area contributed by atoms with Gasteiger partial charge >= 0.3 is 0 Å². The lowest BCUT2D eigenvalue weighted by molar-refractivity contribution is -0.115. The lowest BCUT2D eigenvalue weighted by Crippen LogP contribution is -2.47. The third-order valence-electron chi connectivity index (χ3n) is 5.17. The molecule has 2 fully saturated rings. The van der Waals surface area contributed by atoms with Gasteiger partial charge in [0.15, 0.2) is 5.96 Å². The maximum Gasteiger partial charge on any atom is 0.243 e. The van der Waals surface area contributed by atoms with Crippen LogP contribution in [0.5, 0.6) is 0 Å². The van der Waals surface area contributed by atoms with Crippen molar-refractivity contribution < 1.29 is 9.18 Å². The van der Waals surface area contributed by atoms with Crippen LogP contribution in [0.15, 0.2) is 29.3 Å². The fourth-order valence-electron chi connectivity index (χ4n) is 3.80. The van der Waals surface area contributed by atoms with Crippen molar-refractivity contribution in [3.63, 3.8) is 0 Å². The highest BCUT2D eigenvalue weighted by molar-refractivity contribution is 5.95. The molecule has 0 bridgehead atoms. The van der Waals surface area contributed by atoms with Crippen molar-refractivity contribution in [2.75, 3.05) is 32.0 Å². The van der Waals surface area contributed by atoms with Gasteiger partial charge in [-0.05, 0) is 43.5 Å². The normalized spacial score (nSPS) is 21.8. The molecule has 1 aliphatic carbocycles. The number of guanidine groups is 1.